The van der Waals surface area contributed by atoms with Crippen LogP contribution in [-0.2, 0) is 0 Å². The minimum atomic E-state index is 0.520. The normalized spacial score (nSPS) is 18.3. The van der Waals surface area contributed by atoms with Crippen molar-refractivity contribution in [2.45, 2.75) is 26.7 Å². The summed E-state index contributed by atoms with van der Waals surface area (Å²) >= 11 is 0. The smallest absolute Gasteiger partial charge is 0.148 e. The molecule has 1 aliphatic carbocycles. The topological polar surface area (TPSA) is 37.8 Å². The van der Waals surface area contributed by atoms with Crippen LogP contribution in [0.1, 0.15) is 25.5 Å². The Morgan fingerprint density at radius 3 is 2.69 bits per heavy atom. The monoisotopic (exact) mass is 177 g/mol. The molecular formula is C10H15N3. The standard InChI is InChI=1S/C10H15N3/c1-8-3-4-9(13-12-8)11-7-10(2)5-6-10/h3-4H,5-7H2,1-2H3,(H,11,13). The maximum atomic E-state index is 4.05. The summed E-state index contributed by atoms with van der Waals surface area (Å²) in [6.07, 6.45) is 2.67. The Morgan fingerprint density at radius 2 is 2.15 bits per heavy atom. The Balaban J connectivity index is 1.91. The third-order valence-electron chi connectivity index (χ3n) is 2.60. The van der Waals surface area contributed by atoms with Crippen molar-refractivity contribution in [1.82, 2.24) is 10.2 Å². The van der Waals surface area contributed by atoms with Crippen LogP contribution < -0.4 is 5.32 Å². The number of anilines is 1. The van der Waals surface area contributed by atoms with Crippen molar-refractivity contribution in [3.05, 3.63) is 17.8 Å². The number of rotatable bonds is 3. The maximum Gasteiger partial charge on any atom is 0.148 e. The third-order valence-corrected chi connectivity index (χ3v) is 2.60. The van der Waals surface area contributed by atoms with Gasteiger partial charge in [0.15, 0.2) is 0 Å². The molecule has 1 aliphatic rings. The summed E-state index contributed by atoms with van der Waals surface area (Å²) in [4.78, 5) is 0. The van der Waals surface area contributed by atoms with Crippen molar-refractivity contribution >= 4 is 5.82 Å². The highest BCUT2D eigenvalue weighted by molar-refractivity contribution is 5.33. The summed E-state index contributed by atoms with van der Waals surface area (Å²) in [5.41, 5.74) is 1.48. The zero-order chi connectivity index (χ0) is 9.31. The van der Waals surface area contributed by atoms with Gasteiger partial charge in [-0.05, 0) is 37.3 Å². The number of aryl methyl sites for hydroxylation is 1. The number of aromatic nitrogens is 2. The van der Waals surface area contributed by atoms with Gasteiger partial charge in [0.2, 0.25) is 0 Å². The first-order valence-corrected chi connectivity index (χ1v) is 4.72. The van der Waals surface area contributed by atoms with Crippen LogP contribution in [0.25, 0.3) is 0 Å². The van der Waals surface area contributed by atoms with Gasteiger partial charge in [-0.25, -0.2) is 0 Å². The Kier molecular flexibility index (Phi) is 1.94. The van der Waals surface area contributed by atoms with Crippen molar-refractivity contribution in [3.63, 3.8) is 0 Å². The van der Waals surface area contributed by atoms with Crippen LogP contribution >= 0.6 is 0 Å². The lowest BCUT2D eigenvalue weighted by molar-refractivity contribution is 0.608. The molecule has 0 aromatic carbocycles. The van der Waals surface area contributed by atoms with Gasteiger partial charge in [0.05, 0.1) is 5.69 Å². The van der Waals surface area contributed by atoms with E-state index in [1.165, 1.54) is 12.8 Å². The second-order valence-corrected chi connectivity index (χ2v) is 4.22. The molecule has 0 unspecified atom stereocenters. The molecular weight excluding hydrogens is 162 g/mol. The highest BCUT2D eigenvalue weighted by atomic mass is 15.2. The van der Waals surface area contributed by atoms with Crippen LogP contribution in [0.15, 0.2) is 12.1 Å². The van der Waals surface area contributed by atoms with Gasteiger partial charge in [-0.1, -0.05) is 6.92 Å². The fourth-order valence-electron chi connectivity index (χ4n) is 1.19. The van der Waals surface area contributed by atoms with Gasteiger partial charge in [0, 0.05) is 6.54 Å². The van der Waals surface area contributed by atoms with E-state index in [0.29, 0.717) is 5.41 Å². The van der Waals surface area contributed by atoms with Crippen LogP contribution in [0.2, 0.25) is 0 Å². The van der Waals surface area contributed by atoms with Crippen molar-refractivity contribution in [2.24, 2.45) is 5.41 Å². The van der Waals surface area contributed by atoms with Crippen molar-refractivity contribution in [1.29, 1.82) is 0 Å². The summed E-state index contributed by atoms with van der Waals surface area (Å²) in [5, 5.41) is 11.3. The molecule has 13 heavy (non-hydrogen) atoms. The molecule has 0 atom stereocenters. The predicted molar refractivity (Wildman–Crippen MR) is 52.6 cm³/mol. The van der Waals surface area contributed by atoms with E-state index in [1.807, 2.05) is 19.1 Å². The average Bonchev–Trinajstić information content (AvgIpc) is 2.84. The molecule has 1 aromatic rings. The van der Waals surface area contributed by atoms with Gasteiger partial charge >= 0.3 is 0 Å². The third kappa shape index (κ3) is 2.17. The second-order valence-electron chi connectivity index (χ2n) is 4.22. The minimum absolute atomic E-state index is 0.520. The summed E-state index contributed by atoms with van der Waals surface area (Å²) in [7, 11) is 0. The fraction of sp³-hybridized carbons (Fsp3) is 0.600. The molecule has 1 fully saturated rings. The first kappa shape index (κ1) is 8.48. The first-order chi connectivity index (χ1) is 6.18. The molecule has 1 heterocycles. The summed E-state index contributed by atoms with van der Waals surface area (Å²) in [6, 6.07) is 3.96. The zero-order valence-corrected chi connectivity index (χ0v) is 8.17. The molecule has 0 aliphatic heterocycles. The molecule has 3 heteroatoms. The van der Waals surface area contributed by atoms with E-state index in [9.17, 15) is 0 Å². The van der Waals surface area contributed by atoms with Crippen LogP contribution in [-0.4, -0.2) is 16.7 Å². The summed E-state index contributed by atoms with van der Waals surface area (Å²) in [6.45, 7) is 5.26. The average molecular weight is 177 g/mol. The highest BCUT2D eigenvalue weighted by Gasteiger charge is 2.36. The Morgan fingerprint density at radius 1 is 1.38 bits per heavy atom. The minimum Gasteiger partial charge on any atom is -0.368 e. The Bertz CT molecular complexity index is 288. The first-order valence-electron chi connectivity index (χ1n) is 4.72. The number of nitrogens with zero attached hydrogens (tertiary/aromatic N) is 2. The van der Waals surface area contributed by atoms with Crippen LogP contribution in [0.5, 0.6) is 0 Å². The fourth-order valence-corrected chi connectivity index (χ4v) is 1.19. The molecule has 1 N–H and O–H groups in total. The molecule has 0 radical (unpaired) electrons. The van der Waals surface area contributed by atoms with Crippen LogP contribution in [0.4, 0.5) is 5.82 Å². The van der Waals surface area contributed by atoms with E-state index < -0.39 is 0 Å². The van der Waals surface area contributed by atoms with Crippen LogP contribution in [0.3, 0.4) is 0 Å². The zero-order valence-electron chi connectivity index (χ0n) is 8.17. The Labute approximate surface area is 78.6 Å². The van der Waals surface area contributed by atoms with Gasteiger partial charge in [-0.3, -0.25) is 0 Å². The van der Waals surface area contributed by atoms with Crippen LogP contribution in [0, 0.1) is 12.3 Å². The van der Waals surface area contributed by atoms with E-state index in [2.05, 4.69) is 22.4 Å². The van der Waals surface area contributed by atoms with Crippen molar-refractivity contribution in [3.8, 4) is 0 Å². The van der Waals surface area contributed by atoms with E-state index in [0.717, 1.165) is 18.1 Å². The van der Waals surface area contributed by atoms with Gasteiger partial charge in [0.1, 0.15) is 5.82 Å². The number of nitrogens with one attached hydrogen (secondary N) is 1. The molecule has 1 aromatic heterocycles. The Hall–Kier alpha value is -1.12. The quantitative estimate of drug-likeness (QED) is 0.767. The van der Waals surface area contributed by atoms with E-state index >= 15 is 0 Å². The summed E-state index contributed by atoms with van der Waals surface area (Å²) in [5.74, 6) is 0.888. The highest BCUT2D eigenvalue weighted by Crippen LogP contribution is 2.44. The largest absolute Gasteiger partial charge is 0.368 e. The van der Waals surface area contributed by atoms with Gasteiger partial charge in [-0.15, -0.1) is 5.10 Å². The SMILES string of the molecule is Cc1ccc(NCC2(C)CC2)nn1. The van der Waals surface area contributed by atoms with Crippen molar-refractivity contribution in [2.75, 3.05) is 11.9 Å². The predicted octanol–water partition coefficient (Wildman–Crippen LogP) is 2.00. The second kappa shape index (κ2) is 2.98. The van der Waals surface area contributed by atoms with Gasteiger partial charge in [-0.2, -0.15) is 5.10 Å². The lowest BCUT2D eigenvalue weighted by atomic mass is 10.1. The van der Waals surface area contributed by atoms with Crippen molar-refractivity contribution < 1.29 is 0 Å². The summed E-state index contributed by atoms with van der Waals surface area (Å²) < 4.78 is 0. The van der Waals surface area contributed by atoms with Gasteiger partial charge < -0.3 is 5.32 Å². The number of hydrogen-bond donors (Lipinski definition) is 1. The number of hydrogen-bond acceptors (Lipinski definition) is 3. The molecule has 0 spiro atoms. The van der Waals surface area contributed by atoms with E-state index in [-0.39, 0.29) is 0 Å². The molecule has 70 valence electrons. The maximum absolute atomic E-state index is 4.05. The lowest BCUT2D eigenvalue weighted by Gasteiger charge is -2.09. The molecule has 0 bridgehead atoms. The molecule has 2 rings (SSSR count). The lowest BCUT2D eigenvalue weighted by Crippen LogP contribution is -2.12. The molecule has 0 amide bonds. The molecule has 1 saturated carbocycles. The van der Waals surface area contributed by atoms with E-state index in [4.69, 9.17) is 0 Å². The van der Waals surface area contributed by atoms with E-state index in [1.54, 1.807) is 0 Å². The molecule has 3 nitrogen and oxygen atoms in total. The van der Waals surface area contributed by atoms with Gasteiger partial charge in [0.25, 0.3) is 0 Å². The molecule has 0 saturated heterocycles.